The number of rotatable bonds is 4. The van der Waals surface area contributed by atoms with E-state index in [2.05, 4.69) is 41.9 Å². The van der Waals surface area contributed by atoms with Crippen LogP contribution in [0.3, 0.4) is 0 Å². The van der Waals surface area contributed by atoms with Crippen LogP contribution in [0.15, 0.2) is 36.7 Å². The summed E-state index contributed by atoms with van der Waals surface area (Å²) < 4.78 is 5.59. The number of anilines is 1. The number of imidazole rings is 1. The molecule has 28 heavy (non-hydrogen) atoms. The van der Waals surface area contributed by atoms with E-state index in [-0.39, 0.29) is 0 Å². The van der Waals surface area contributed by atoms with E-state index in [1.807, 2.05) is 31.5 Å². The summed E-state index contributed by atoms with van der Waals surface area (Å²) in [5, 5.41) is 0. The molecule has 4 heterocycles. The Morgan fingerprint density at radius 2 is 2.00 bits per heavy atom. The van der Waals surface area contributed by atoms with Crippen LogP contribution in [0, 0.1) is 6.92 Å². The van der Waals surface area contributed by atoms with E-state index in [1.54, 1.807) is 0 Å². The number of aromatic nitrogens is 4. The number of aryl methyl sites for hydroxylation is 1. The summed E-state index contributed by atoms with van der Waals surface area (Å²) >= 11 is 0. The molecule has 2 aliphatic heterocycles. The van der Waals surface area contributed by atoms with Crippen LogP contribution < -0.4 is 9.64 Å². The third-order valence-corrected chi connectivity index (χ3v) is 5.42. The number of hydrogen-bond acceptors (Lipinski definition) is 6. The van der Waals surface area contributed by atoms with Crippen molar-refractivity contribution in [1.82, 2.24) is 24.8 Å². The number of fused-ring (bicyclic) bond motifs is 1. The summed E-state index contributed by atoms with van der Waals surface area (Å²) in [6.07, 6.45) is 4.77. The summed E-state index contributed by atoms with van der Waals surface area (Å²) in [5.74, 6) is 2.77. The molecule has 3 aromatic rings. The molecule has 0 amide bonds. The van der Waals surface area contributed by atoms with Crippen LogP contribution in [0.2, 0.25) is 0 Å². The highest BCUT2D eigenvalue weighted by Crippen LogP contribution is 2.29. The van der Waals surface area contributed by atoms with Crippen molar-refractivity contribution < 1.29 is 4.74 Å². The molecule has 1 saturated heterocycles. The molecule has 7 heteroatoms. The molecule has 0 bridgehead atoms. The van der Waals surface area contributed by atoms with E-state index < -0.39 is 0 Å². The fourth-order valence-electron chi connectivity index (χ4n) is 3.85. The molecular formula is C21H24N6O. The van der Waals surface area contributed by atoms with Crippen molar-refractivity contribution in [3.05, 3.63) is 53.6 Å². The van der Waals surface area contributed by atoms with Crippen molar-refractivity contribution in [2.45, 2.75) is 19.9 Å². The van der Waals surface area contributed by atoms with Gasteiger partial charge in [-0.05, 0) is 36.8 Å². The zero-order chi connectivity index (χ0) is 18.9. The van der Waals surface area contributed by atoms with Crippen LogP contribution in [-0.4, -0.2) is 57.6 Å². The number of ether oxygens (including phenoxy) is 1. The van der Waals surface area contributed by atoms with Gasteiger partial charge in [-0.1, -0.05) is 0 Å². The van der Waals surface area contributed by atoms with Crippen LogP contribution in [0.25, 0.3) is 11.4 Å². The van der Waals surface area contributed by atoms with Crippen LogP contribution >= 0.6 is 0 Å². The van der Waals surface area contributed by atoms with Crippen LogP contribution in [-0.2, 0) is 13.0 Å². The molecule has 1 aromatic carbocycles. The van der Waals surface area contributed by atoms with Gasteiger partial charge in [0.2, 0.25) is 5.95 Å². The number of hydrogen-bond donors (Lipinski definition) is 1. The smallest absolute Gasteiger partial charge is 0.225 e. The van der Waals surface area contributed by atoms with Gasteiger partial charge in [-0.3, -0.25) is 4.90 Å². The molecule has 5 rings (SSSR count). The minimum atomic E-state index is 0.780. The van der Waals surface area contributed by atoms with Gasteiger partial charge in [0, 0.05) is 68.5 Å². The van der Waals surface area contributed by atoms with Gasteiger partial charge in [-0.15, -0.1) is 0 Å². The number of H-pyrrole nitrogens is 1. The standard InChI is InChI=1S/C21H24N6O/c1-15-4-6-22-21(24-15)27-9-7-26(8-10-27)14-18-13-23-20(25-18)17-2-3-19-16(12-17)5-11-28-19/h2-4,6,12-13H,5,7-11,14H2,1H3,(H,23,25). The Hall–Kier alpha value is -2.93. The normalized spacial score (nSPS) is 16.8. The Morgan fingerprint density at radius 3 is 2.86 bits per heavy atom. The Kier molecular flexibility index (Phi) is 4.44. The van der Waals surface area contributed by atoms with Crippen LogP contribution in [0.5, 0.6) is 5.75 Å². The van der Waals surface area contributed by atoms with Gasteiger partial charge in [-0.25, -0.2) is 15.0 Å². The number of benzene rings is 1. The first-order chi connectivity index (χ1) is 13.7. The highest BCUT2D eigenvalue weighted by molar-refractivity contribution is 5.59. The Bertz CT molecular complexity index is 977. The first kappa shape index (κ1) is 17.2. The maximum atomic E-state index is 5.59. The van der Waals surface area contributed by atoms with Crippen LogP contribution in [0.4, 0.5) is 5.95 Å². The molecule has 0 aliphatic carbocycles. The second-order valence-corrected chi connectivity index (χ2v) is 7.44. The predicted octanol–water partition coefficient (Wildman–Crippen LogP) is 2.43. The van der Waals surface area contributed by atoms with Gasteiger partial charge in [0.05, 0.1) is 6.61 Å². The first-order valence-electron chi connectivity index (χ1n) is 9.81. The SMILES string of the molecule is Cc1ccnc(N2CCN(Cc3cnc(-c4ccc5c(c4)CCO5)[nH]3)CC2)n1. The molecular weight excluding hydrogens is 352 g/mol. The number of nitrogens with zero attached hydrogens (tertiary/aromatic N) is 5. The van der Waals surface area contributed by atoms with E-state index in [1.165, 1.54) is 5.56 Å². The lowest BCUT2D eigenvalue weighted by molar-refractivity contribution is 0.246. The summed E-state index contributed by atoms with van der Waals surface area (Å²) in [7, 11) is 0. The molecule has 7 nitrogen and oxygen atoms in total. The average molecular weight is 376 g/mol. The lowest BCUT2D eigenvalue weighted by Gasteiger charge is -2.34. The van der Waals surface area contributed by atoms with Crippen molar-refractivity contribution in [3.8, 4) is 17.1 Å². The fraction of sp³-hybridized carbons (Fsp3) is 0.381. The highest BCUT2D eigenvalue weighted by Gasteiger charge is 2.20. The Balaban J connectivity index is 1.21. The summed E-state index contributed by atoms with van der Waals surface area (Å²) in [5.41, 5.74) is 4.55. The lowest BCUT2D eigenvalue weighted by Crippen LogP contribution is -2.46. The van der Waals surface area contributed by atoms with Crippen molar-refractivity contribution in [3.63, 3.8) is 0 Å². The fourth-order valence-corrected chi connectivity index (χ4v) is 3.85. The van der Waals surface area contributed by atoms with Gasteiger partial charge < -0.3 is 14.6 Å². The molecule has 0 saturated carbocycles. The van der Waals surface area contributed by atoms with Crippen molar-refractivity contribution in [1.29, 1.82) is 0 Å². The molecule has 0 atom stereocenters. The van der Waals surface area contributed by atoms with Crippen LogP contribution in [0.1, 0.15) is 17.0 Å². The van der Waals surface area contributed by atoms with E-state index in [0.717, 1.165) is 80.2 Å². The monoisotopic (exact) mass is 376 g/mol. The Labute approximate surface area is 164 Å². The van der Waals surface area contributed by atoms with Gasteiger partial charge in [0.1, 0.15) is 11.6 Å². The highest BCUT2D eigenvalue weighted by atomic mass is 16.5. The minimum absolute atomic E-state index is 0.780. The summed E-state index contributed by atoms with van der Waals surface area (Å²) in [6.45, 7) is 7.52. The predicted molar refractivity (Wildman–Crippen MR) is 107 cm³/mol. The molecule has 144 valence electrons. The summed E-state index contributed by atoms with van der Waals surface area (Å²) in [4.78, 5) is 21.7. The van der Waals surface area contributed by atoms with Gasteiger partial charge in [0.25, 0.3) is 0 Å². The lowest BCUT2D eigenvalue weighted by atomic mass is 10.1. The third-order valence-electron chi connectivity index (χ3n) is 5.42. The average Bonchev–Trinajstić information content (AvgIpc) is 3.37. The largest absolute Gasteiger partial charge is 0.493 e. The second kappa shape index (κ2) is 7.24. The molecule has 2 aromatic heterocycles. The van der Waals surface area contributed by atoms with E-state index in [0.29, 0.717) is 0 Å². The quantitative estimate of drug-likeness (QED) is 0.754. The molecule has 1 N–H and O–H groups in total. The minimum Gasteiger partial charge on any atom is -0.493 e. The number of aromatic amines is 1. The van der Waals surface area contributed by atoms with E-state index in [9.17, 15) is 0 Å². The second-order valence-electron chi connectivity index (χ2n) is 7.44. The zero-order valence-electron chi connectivity index (χ0n) is 16.1. The van der Waals surface area contributed by atoms with Gasteiger partial charge in [0.15, 0.2) is 0 Å². The van der Waals surface area contributed by atoms with Crippen molar-refractivity contribution in [2.24, 2.45) is 0 Å². The molecule has 0 radical (unpaired) electrons. The van der Waals surface area contributed by atoms with E-state index in [4.69, 9.17) is 4.74 Å². The first-order valence-corrected chi connectivity index (χ1v) is 9.81. The molecule has 1 fully saturated rings. The molecule has 2 aliphatic rings. The van der Waals surface area contributed by atoms with Crippen molar-refractivity contribution in [2.75, 3.05) is 37.7 Å². The van der Waals surface area contributed by atoms with Crippen molar-refractivity contribution >= 4 is 5.95 Å². The topological polar surface area (TPSA) is 70.2 Å². The molecule has 0 spiro atoms. The summed E-state index contributed by atoms with van der Waals surface area (Å²) in [6, 6.07) is 8.25. The maximum absolute atomic E-state index is 5.59. The van der Waals surface area contributed by atoms with Gasteiger partial charge >= 0.3 is 0 Å². The Morgan fingerprint density at radius 1 is 1.11 bits per heavy atom. The zero-order valence-corrected chi connectivity index (χ0v) is 16.1. The maximum Gasteiger partial charge on any atom is 0.225 e. The number of nitrogens with one attached hydrogen (secondary N) is 1. The van der Waals surface area contributed by atoms with Gasteiger partial charge in [-0.2, -0.15) is 0 Å². The molecule has 0 unspecified atom stereocenters. The third kappa shape index (κ3) is 3.45. The number of piperazine rings is 1. The van der Waals surface area contributed by atoms with E-state index >= 15 is 0 Å².